The Kier molecular flexibility index (Phi) is 5.85. The van der Waals surface area contributed by atoms with Gasteiger partial charge in [0.05, 0.1) is 11.3 Å². The van der Waals surface area contributed by atoms with Crippen LogP contribution in [0.3, 0.4) is 0 Å². The zero-order chi connectivity index (χ0) is 19.4. The molecular formula is C21H26N2O3S. The fourth-order valence-corrected chi connectivity index (χ4v) is 4.96. The number of anilines is 1. The Labute approximate surface area is 161 Å². The summed E-state index contributed by atoms with van der Waals surface area (Å²) in [6, 6.07) is 15.3. The van der Waals surface area contributed by atoms with Crippen molar-refractivity contribution in [2.24, 2.45) is 5.92 Å². The molecule has 0 radical (unpaired) electrons. The van der Waals surface area contributed by atoms with Gasteiger partial charge in [-0.3, -0.25) is 9.10 Å². The van der Waals surface area contributed by atoms with Gasteiger partial charge in [-0.25, -0.2) is 8.42 Å². The van der Waals surface area contributed by atoms with Crippen LogP contribution in [0, 0.1) is 5.92 Å². The molecule has 0 bridgehead atoms. The first-order valence-corrected chi connectivity index (χ1v) is 10.8. The fraction of sp³-hybridized carbons (Fsp3) is 0.381. The van der Waals surface area contributed by atoms with Crippen LogP contribution >= 0.6 is 0 Å². The molecule has 0 saturated heterocycles. The Morgan fingerprint density at radius 3 is 2.33 bits per heavy atom. The van der Waals surface area contributed by atoms with Crippen molar-refractivity contribution >= 4 is 21.6 Å². The van der Waals surface area contributed by atoms with E-state index in [2.05, 4.69) is 12.2 Å². The molecule has 2 aromatic rings. The molecule has 3 rings (SSSR count). The number of carbonyl (C=O) groups excluding carboxylic acids is 1. The van der Waals surface area contributed by atoms with E-state index in [0.29, 0.717) is 11.6 Å². The lowest BCUT2D eigenvalue weighted by molar-refractivity contribution is 0.0907. The first kappa shape index (κ1) is 19.4. The first-order valence-electron chi connectivity index (χ1n) is 9.35. The Hall–Kier alpha value is -2.34. The van der Waals surface area contributed by atoms with Crippen molar-refractivity contribution in [1.29, 1.82) is 0 Å². The molecule has 0 heterocycles. The maximum Gasteiger partial charge on any atom is 0.264 e. The molecule has 0 spiro atoms. The Balaban J connectivity index is 1.90. The van der Waals surface area contributed by atoms with E-state index in [0.717, 1.165) is 19.3 Å². The molecule has 1 amide bonds. The molecule has 0 aromatic heterocycles. The summed E-state index contributed by atoms with van der Waals surface area (Å²) in [4.78, 5) is 12.9. The third-order valence-corrected chi connectivity index (χ3v) is 7.16. The van der Waals surface area contributed by atoms with Crippen LogP contribution in [0.15, 0.2) is 59.5 Å². The van der Waals surface area contributed by atoms with Gasteiger partial charge in [0.1, 0.15) is 4.90 Å². The minimum atomic E-state index is -3.85. The number of carbonyl (C=O) groups is 1. The highest BCUT2D eigenvalue weighted by molar-refractivity contribution is 7.92. The van der Waals surface area contributed by atoms with Crippen LogP contribution in [0.25, 0.3) is 0 Å². The van der Waals surface area contributed by atoms with Crippen molar-refractivity contribution in [3.05, 3.63) is 60.2 Å². The molecule has 27 heavy (non-hydrogen) atoms. The molecule has 2 atom stereocenters. The molecule has 1 aliphatic carbocycles. The zero-order valence-corrected chi connectivity index (χ0v) is 16.6. The smallest absolute Gasteiger partial charge is 0.264 e. The molecule has 1 saturated carbocycles. The van der Waals surface area contributed by atoms with Crippen molar-refractivity contribution in [3.8, 4) is 0 Å². The van der Waals surface area contributed by atoms with E-state index in [1.807, 2.05) is 6.07 Å². The highest BCUT2D eigenvalue weighted by Gasteiger charge is 2.29. The van der Waals surface area contributed by atoms with Crippen molar-refractivity contribution in [2.75, 3.05) is 11.4 Å². The lowest BCUT2D eigenvalue weighted by Crippen LogP contribution is -2.41. The minimum absolute atomic E-state index is 0.0253. The molecule has 144 valence electrons. The van der Waals surface area contributed by atoms with E-state index < -0.39 is 10.0 Å². The topological polar surface area (TPSA) is 66.5 Å². The Morgan fingerprint density at radius 2 is 1.63 bits per heavy atom. The fourth-order valence-electron chi connectivity index (χ4n) is 3.58. The summed E-state index contributed by atoms with van der Waals surface area (Å²) in [5.74, 6) is 0.0767. The number of sulfonamides is 1. The number of amides is 1. The van der Waals surface area contributed by atoms with E-state index in [9.17, 15) is 13.2 Å². The number of benzene rings is 2. The summed E-state index contributed by atoms with van der Waals surface area (Å²) < 4.78 is 27.5. The van der Waals surface area contributed by atoms with Gasteiger partial charge in [0.2, 0.25) is 0 Å². The van der Waals surface area contributed by atoms with Crippen LogP contribution < -0.4 is 9.62 Å². The number of rotatable bonds is 5. The van der Waals surface area contributed by atoms with Crippen molar-refractivity contribution < 1.29 is 13.2 Å². The van der Waals surface area contributed by atoms with E-state index in [-0.39, 0.29) is 22.4 Å². The zero-order valence-electron chi connectivity index (χ0n) is 15.8. The normalized spacial score (nSPS) is 20.1. The molecule has 2 unspecified atom stereocenters. The standard InChI is InChI=1S/C21H26N2O3S/c1-16-10-6-8-14-19(16)22-21(24)18-13-7-9-15-20(18)27(25,26)23(2)17-11-4-3-5-12-17/h3-5,7,9,11-13,15-16,19H,6,8,10,14H2,1-2H3,(H,22,24). The summed E-state index contributed by atoms with van der Waals surface area (Å²) in [5, 5.41) is 3.05. The second-order valence-corrected chi connectivity index (χ2v) is 9.08. The van der Waals surface area contributed by atoms with Gasteiger partial charge in [0.25, 0.3) is 15.9 Å². The summed E-state index contributed by atoms with van der Waals surface area (Å²) in [6.45, 7) is 2.13. The minimum Gasteiger partial charge on any atom is -0.349 e. The summed E-state index contributed by atoms with van der Waals surface area (Å²) in [7, 11) is -2.35. The third-order valence-electron chi connectivity index (χ3n) is 5.32. The molecule has 5 nitrogen and oxygen atoms in total. The SMILES string of the molecule is CC1CCCCC1NC(=O)c1ccccc1S(=O)(=O)N(C)c1ccccc1. The molecule has 1 N–H and O–H groups in total. The second-order valence-electron chi connectivity index (χ2n) is 7.15. The van der Waals surface area contributed by atoms with Gasteiger partial charge in [0, 0.05) is 13.1 Å². The highest BCUT2D eigenvalue weighted by Crippen LogP contribution is 2.26. The van der Waals surface area contributed by atoms with Gasteiger partial charge < -0.3 is 5.32 Å². The van der Waals surface area contributed by atoms with Crippen LogP contribution in [0.4, 0.5) is 5.69 Å². The molecule has 6 heteroatoms. The van der Waals surface area contributed by atoms with E-state index >= 15 is 0 Å². The van der Waals surface area contributed by atoms with Crippen molar-refractivity contribution in [1.82, 2.24) is 5.32 Å². The molecular weight excluding hydrogens is 360 g/mol. The van der Waals surface area contributed by atoms with Crippen molar-refractivity contribution in [2.45, 2.75) is 43.5 Å². The predicted octanol–water partition coefficient (Wildman–Crippen LogP) is 3.82. The van der Waals surface area contributed by atoms with Gasteiger partial charge in [-0.1, -0.05) is 50.1 Å². The predicted molar refractivity (Wildman–Crippen MR) is 107 cm³/mol. The lowest BCUT2D eigenvalue weighted by atomic mass is 9.86. The van der Waals surface area contributed by atoms with E-state index in [4.69, 9.17) is 0 Å². The first-order chi connectivity index (χ1) is 12.9. The number of nitrogens with one attached hydrogen (secondary N) is 1. The quantitative estimate of drug-likeness (QED) is 0.849. The number of hydrogen-bond acceptors (Lipinski definition) is 3. The highest BCUT2D eigenvalue weighted by atomic mass is 32.2. The van der Waals surface area contributed by atoms with Crippen LogP contribution in [0.2, 0.25) is 0 Å². The summed E-state index contributed by atoms with van der Waals surface area (Å²) >= 11 is 0. The number of nitrogens with zero attached hydrogens (tertiary/aromatic N) is 1. The summed E-state index contributed by atoms with van der Waals surface area (Å²) in [6.07, 6.45) is 4.29. The van der Waals surface area contributed by atoms with Crippen LogP contribution in [-0.2, 0) is 10.0 Å². The average Bonchev–Trinajstić information content (AvgIpc) is 2.69. The second kappa shape index (κ2) is 8.13. The van der Waals surface area contributed by atoms with Gasteiger partial charge in [0.15, 0.2) is 0 Å². The van der Waals surface area contributed by atoms with Crippen LogP contribution in [-0.4, -0.2) is 27.4 Å². The van der Waals surface area contributed by atoms with Crippen LogP contribution in [0.1, 0.15) is 43.0 Å². The largest absolute Gasteiger partial charge is 0.349 e. The molecule has 1 fully saturated rings. The number of hydrogen-bond donors (Lipinski definition) is 1. The molecule has 0 aliphatic heterocycles. The van der Waals surface area contributed by atoms with Gasteiger partial charge in [-0.2, -0.15) is 0 Å². The molecule has 1 aliphatic rings. The average molecular weight is 387 g/mol. The lowest BCUT2D eigenvalue weighted by Gasteiger charge is -2.30. The number of para-hydroxylation sites is 1. The third kappa shape index (κ3) is 4.16. The van der Waals surface area contributed by atoms with Gasteiger partial charge >= 0.3 is 0 Å². The monoisotopic (exact) mass is 386 g/mol. The molecule has 2 aromatic carbocycles. The van der Waals surface area contributed by atoms with Gasteiger partial charge in [-0.05, 0) is 43.0 Å². The summed E-state index contributed by atoms with van der Waals surface area (Å²) in [5.41, 5.74) is 0.742. The van der Waals surface area contributed by atoms with E-state index in [1.165, 1.54) is 23.8 Å². The van der Waals surface area contributed by atoms with Crippen molar-refractivity contribution in [3.63, 3.8) is 0 Å². The Morgan fingerprint density at radius 1 is 1.00 bits per heavy atom. The maximum absolute atomic E-state index is 13.2. The van der Waals surface area contributed by atoms with E-state index in [1.54, 1.807) is 42.5 Å². The Bertz CT molecular complexity index is 897. The van der Waals surface area contributed by atoms with Crippen LogP contribution in [0.5, 0.6) is 0 Å². The van der Waals surface area contributed by atoms with Gasteiger partial charge in [-0.15, -0.1) is 0 Å². The maximum atomic E-state index is 13.2.